The molecule has 4 N–H and O–H groups in total. The van der Waals surface area contributed by atoms with Gasteiger partial charge in [-0.1, -0.05) is 12.2 Å². The second-order valence-corrected chi connectivity index (χ2v) is 3.86. The first-order chi connectivity index (χ1) is 7.09. The van der Waals surface area contributed by atoms with Crippen LogP contribution >= 0.6 is 23.6 Å². The standard InChI is InChI=1S/C7H8N4O2S2/c8-4(14)3-10-5(12)6(13)11-7-9-1-2-15-7/h1-2H,3H2,(H2,8,14)(H,10,12)(H,9,11,13). The van der Waals surface area contributed by atoms with Crippen LogP contribution in [0.5, 0.6) is 0 Å². The number of rotatable bonds is 3. The highest BCUT2D eigenvalue weighted by Gasteiger charge is 2.13. The highest BCUT2D eigenvalue weighted by Crippen LogP contribution is 2.09. The smallest absolute Gasteiger partial charge is 0.315 e. The summed E-state index contributed by atoms with van der Waals surface area (Å²) in [6, 6.07) is 0. The van der Waals surface area contributed by atoms with Crippen molar-refractivity contribution in [1.82, 2.24) is 10.3 Å². The summed E-state index contributed by atoms with van der Waals surface area (Å²) in [7, 11) is 0. The Hall–Kier alpha value is -1.54. The molecule has 0 spiro atoms. The van der Waals surface area contributed by atoms with Crippen LogP contribution in [0.15, 0.2) is 11.6 Å². The van der Waals surface area contributed by atoms with Gasteiger partial charge in [-0.15, -0.1) is 11.3 Å². The van der Waals surface area contributed by atoms with Gasteiger partial charge in [0.15, 0.2) is 5.13 Å². The van der Waals surface area contributed by atoms with Crippen LogP contribution < -0.4 is 16.4 Å². The Morgan fingerprint density at radius 2 is 2.27 bits per heavy atom. The van der Waals surface area contributed by atoms with Gasteiger partial charge in [0.1, 0.15) is 0 Å². The minimum atomic E-state index is -0.794. The number of anilines is 1. The summed E-state index contributed by atoms with van der Waals surface area (Å²) in [6.07, 6.45) is 1.52. The Bertz CT molecular complexity index is 376. The third kappa shape index (κ3) is 4.00. The van der Waals surface area contributed by atoms with Gasteiger partial charge < -0.3 is 11.1 Å². The van der Waals surface area contributed by atoms with Gasteiger partial charge >= 0.3 is 11.8 Å². The van der Waals surface area contributed by atoms with Crippen LogP contribution in [0.4, 0.5) is 5.13 Å². The molecule has 1 aromatic heterocycles. The van der Waals surface area contributed by atoms with E-state index in [-0.39, 0.29) is 11.5 Å². The fourth-order valence-corrected chi connectivity index (χ4v) is 1.28. The van der Waals surface area contributed by atoms with Gasteiger partial charge in [-0.2, -0.15) is 0 Å². The number of nitrogens with one attached hydrogen (secondary N) is 2. The zero-order chi connectivity index (χ0) is 11.3. The van der Waals surface area contributed by atoms with Crippen LogP contribution in [-0.2, 0) is 9.59 Å². The van der Waals surface area contributed by atoms with Gasteiger partial charge in [-0.25, -0.2) is 4.98 Å². The number of hydrogen-bond acceptors (Lipinski definition) is 5. The molecule has 0 aliphatic carbocycles. The number of nitrogens with two attached hydrogens (primary N) is 1. The molecule has 8 heteroatoms. The molecule has 0 saturated carbocycles. The first kappa shape index (κ1) is 11.5. The molecule has 0 bridgehead atoms. The maximum absolute atomic E-state index is 11.2. The molecule has 80 valence electrons. The average Bonchev–Trinajstić information content (AvgIpc) is 2.66. The van der Waals surface area contributed by atoms with Crippen LogP contribution in [0, 0.1) is 0 Å². The molecule has 6 nitrogen and oxygen atoms in total. The van der Waals surface area contributed by atoms with Gasteiger partial charge in [0.05, 0.1) is 11.5 Å². The Morgan fingerprint density at radius 1 is 1.53 bits per heavy atom. The van der Waals surface area contributed by atoms with Gasteiger partial charge in [0, 0.05) is 11.6 Å². The van der Waals surface area contributed by atoms with Crippen LogP contribution in [0.3, 0.4) is 0 Å². The number of aromatic nitrogens is 1. The molecule has 2 amide bonds. The van der Waals surface area contributed by atoms with E-state index in [0.29, 0.717) is 5.13 Å². The van der Waals surface area contributed by atoms with E-state index >= 15 is 0 Å². The van der Waals surface area contributed by atoms with Crippen molar-refractivity contribution in [2.45, 2.75) is 0 Å². The number of hydrogen-bond donors (Lipinski definition) is 3. The Morgan fingerprint density at radius 3 is 2.80 bits per heavy atom. The lowest BCUT2D eigenvalue weighted by molar-refractivity contribution is -0.135. The van der Waals surface area contributed by atoms with E-state index in [0.717, 1.165) is 0 Å². The average molecular weight is 244 g/mol. The van der Waals surface area contributed by atoms with E-state index in [1.165, 1.54) is 17.5 Å². The molecule has 15 heavy (non-hydrogen) atoms. The molecule has 1 aromatic rings. The van der Waals surface area contributed by atoms with Crippen LogP contribution in [-0.4, -0.2) is 28.3 Å². The lowest BCUT2D eigenvalue weighted by Crippen LogP contribution is -2.39. The maximum Gasteiger partial charge on any atom is 0.315 e. The molecule has 0 unspecified atom stereocenters. The summed E-state index contributed by atoms with van der Waals surface area (Å²) in [5, 5.41) is 6.62. The molecule has 0 aromatic carbocycles. The van der Waals surface area contributed by atoms with Crippen LogP contribution in [0.1, 0.15) is 0 Å². The summed E-state index contributed by atoms with van der Waals surface area (Å²) in [5.74, 6) is -1.58. The highest BCUT2D eigenvalue weighted by molar-refractivity contribution is 7.80. The molecule has 0 radical (unpaired) electrons. The van der Waals surface area contributed by atoms with Gasteiger partial charge in [-0.3, -0.25) is 14.9 Å². The molecule has 1 rings (SSSR count). The van der Waals surface area contributed by atoms with Crippen molar-refractivity contribution in [2.24, 2.45) is 5.73 Å². The zero-order valence-corrected chi connectivity index (χ0v) is 9.15. The lowest BCUT2D eigenvalue weighted by atomic mass is 10.5. The predicted octanol–water partition coefficient (Wildman–Crippen LogP) is -0.516. The third-order valence-corrected chi connectivity index (χ3v) is 2.12. The van der Waals surface area contributed by atoms with Gasteiger partial charge in [-0.05, 0) is 0 Å². The van der Waals surface area contributed by atoms with Crippen molar-refractivity contribution < 1.29 is 9.59 Å². The normalized spacial score (nSPS) is 9.33. The van der Waals surface area contributed by atoms with Crippen LogP contribution in [0.25, 0.3) is 0 Å². The summed E-state index contributed by atoms with van der Waals surface area (Å²) in [5.41, 5.74) is 5.15. The molecular formula is C7H8N4O2S2. The number of nitrogens with zero attached hydrogens (tertiary/aromatic N) is 1. The minimum Gasteiger partial charge on any atom is -0.392 e. The number of carbonyl (C=O) groups is 2. The molecule has 0 saturated heterocycles. The topological polar surface area (TPSA) is 97.1 Å². The Balaban J connectivity index is 2.40. The van der Waals surface area contributed by atoms with Crippen molar-refractivity contribution in [1.29, 1.82) is 0 Å². The number of carbonyl (C=O) groups excluding carboxylic acids is 2. The molecule has 0 fully saturated rings. The number of amides is 2. The maximum atomic E-state index is 11.2. The monoisotopic (exact) mass is 244 g/mol. The Labute approximate surface area is 94.9 Å². The van der Waals surface area contributed by atoms with Crippen molar-refractivity contribution in [3.05, 3.63) is 11.6 Å². The fourth-order valence-electron chi connectivity index (χ4n) is 0.687. The van der Waals surface area contributed by atoms with E-state index in [1.54, 1.807) is 5.38 Å². The Kier molecular flexibility index (Phi) is 4.13. The van der Waals surface area contributed by atoms with E-state index in [9.17, 15) is 9.59 Å². The minimum absolute atomic E-state index is 0.000540. The largest absolute Gasteiger partial charge is 0.392 e. The van der Waals surface area contributed by atoms with Gasteiger partial charge in [0.2, 0.25) is 0 Å². The van der Waals surface area contributed by atoms with Crippen molar-refractivity contribution >= 4 is 45.5 Å². The van der Waals surface area contributed by atoms with E-state index in [1.807, 2.05) is 0 Å². The SMILES string of the molecule is NC(=S)CNC(=O)C(=O)Nc1nccs1. The van der Waals surface area contributed by atoms with Crippen molar-refractivity contribution in [3.63, 3.8) is 0 Å². The van der Waals surface area contributed by atoms with E-state index < -0.39 is 11.8 Å². The summed E-state index contributed by atoms with van der Waals surface area (Å²) in [4.78, 5) is 26.2. The van der Waals surface area contributed by atoms with Gasteiger partial charge in [0.25, 0.3) is 0 Å². The second kappa shape index (κ2) is 5.37. The molecule has 0 atom stereocenters. The first-order valence-electron chi connectivity index (χ1n) is 3.86. The van der Waals surface area contributed by atoms with Crippen LogP contribution in [0.2, 0.25) is 0 Å². The molecule has 0 aliphatic heterocycles. The molecule has 0 aliphatic rings. The van der Waals surface area contributed by atoms with Crippen molar-refractivity contribution in [2.75, 3.05) is 11.9 Å². The van der Waals surface area contributed by atoms with E-state index in [4.69, 9.17) is 5.73 Å². The number of thiocarbonyl (C=S) groups is 1. The molecule has 1 heterocycles. The first-order valence-corrected chi connectivity index (χ1v) is 5.15. The summed E-state index contributed by atoms with van der Waals surface area (Å²) in [6.45, 7) is -0.000540. The van der Waals surface area contributed by atoms with Crippen molar-refractivity contribution in [3.8, 4) is 0 Å². The fraction of sp³-hybridized carbons (Fsp3) is 0.143. The second-order valence-electron chi connectivity index (χ2n) is 2.44. The molecular weight excluding hydrogens is 236 g/mol. The predicted molar refractivity (Wildman–Crippen MR) is 60.5 cm³/mol. The number of thiazole rings is 1. The third-order valence-electron chi connectivity index (χ3n) is 1.28. The lowest BCUT2D eigenvalue weighted by Gasteiger charge is -2.02. The quantitative estimate of drug-likeness (QED) is 0.491. The highest BCUT2D eigenvalue weighted by atomic mass is 32.1. The summed E-state index contributed by atoms with van der Waals surface area (Å²) < 4.78 is 0. The van der Waals surface area contributed by atoms with E-state index in [2.05, 4.69) is 27.8 Å². The zero-order valence-electron chi connectivity index (χ0n) is 7.52. The summed E-state index contributed by atoms with van der Waals surface area (Å²) >= 11 is 5.76.